The molecular weight excluding hydrogens is 473 g/mol. The SMILES string of the molecule is CCNC(=O)[C@@H](C)N(Cc1ccc(Cl)cc1)C(=O)CN(c1cc(Cl)ccc1C)S(C)(=O)=O. The van der Waals surface area contributed by atoms with Crippen molar-refractivity contribution in [1.29, 1.82) is 0 Å². The van der Waals surface area contributed by atoms with Gasteiger partial charge in [0.2, 0.25) is 21.8 Å². The molecule has 10 heteroatoms. The molecule has 0 spiro atoms. The summed E-state index contributed by atoms with van der Waals surface area (Å²) in [5.74, 6) is -0.858. The number of hydrogen-bond acceptors (Lipinski definition) is 4. The number of amides is 2. The van der Waals surface area contributed by atoms with E-state index >= 15 is 0 Å². The lowest BCUT2D eigenvalue weighted by atomic mass is 10.1. The van der Waals surface area contributed by atoms with Crippen LogP contribution in [0.15, 0.2) is 42.5 Å². The highest BCUT2D eigenvalue weighted by Gasteiger charge is 2.30. The van der Waals surface area contributed by atoms with Gasteiger partial charge in [0.1, 0.15) is 12.6 Å². The highest BCUT2D eigenvalue weighted by atomic mass is 35.5. The first-order valence-electron chi connectivity index (χ1n) is 9.99. The molecule has 0 saturated carbocycles. The maximum absolute atomic E-state index is 13.4. The van der Waals surface area contributed by atoms with Crippen molar-refractivity contribution in [2.75, 3.05) is 23.7 Å². The second-order valence-electron chi connectivity index (χ2n) is 7.42. The summed E-state index contributed by atoms with van der Waals surface area (Å²) in [5, 5.41) is 3.60. The highest BCUT2D eigenvalue weighted by Crippen LogP contribution is 2.26. The normalized spacial score (nSPS) is 12.2. The first-order chi connectivity index (χ1) is 14.9. The number of halogens is 2. The Morgan fingerprint density at radius 2 is 1.66 bits per heavy atom. The van der Waals surface area contributed by atoms with Gasteiger partial charge in [-0.2, -0.15) is 0 Å². The number of nitrogens with one attached hydrogen (secondary N) is 1. The molecule has 2 aromatic carbocycles. The molecule has 0 aliphatic carbocycles. The predicted octanol–water partition coefficient (Wildman–Crippen LogP) is 3.62. The summed E-state index contributed by atoms with van der Waals surface area (Å²) in [5.41, 5.74) is 1.71. The summed E-state index contributed by atoms with van der Waals surface area (Å²) in [7, 11) is -3.81. The number of hydrogen-bond donors (Lipinski definition) is 1. The van der Waals surface area contributed by atoms with Gasteiger partial charge in [-0.1, -0.05) is 41.4 Å². The van der Waals surface area contributed by atoms with Crippen molar-refractivity contribution in [3.63, 3.8) is 0 Å². The smallest absolute Gasteiger partial charge is 0.244 e. The van der Waals surface area contributed by atoms with Gasteiger partial charge in [-0.15, -0.1) is 0 Å². The molecule has 2 aromatic rings. The minimum atomic E-state index is -3.81. The molecule has 32 heavy (non-hydrogen) atoms. The van der Waals surface area contributed by atoms with E-state index in [4.69, 9.17) is 23.2 Å². The Morgan fingerprint density at radius 3 is 2.22 bits per heavy atom. The van der Waals surface area contributed by atoms with Crippen LogP contribution >= 0.6 is 23.2 Å². The van der Waals surface area contributed by atoms with E-state index in [1.165, 1.54) is 11.0 Å². The molecule has 0 saturated heterocycles. The van der Waals surface area contributed by atoms with Crippen LogP contribution in [0.25, 0.3) is 0 Å². The first-order valence-corrected chi connectivity index (χ1v) is 12.6. The summed E-state index contributed by atoms with van der Waals surface area (Å²) in [6.07, 6.45) is 1.03. The van der Waals surface area contributed by atoms with Gasteiger partial charge >= 0.3 is 0 Å². The molecule has 0 aliphatic rings. The number of nitrogens with zero attached hydrogens (tertiary/aromatic N) is 2. The fourth-order valence-corrected chi connectivity index (χ4v) is 4.33. The maximum Gasteiger partial charge on any atom is 0.244 e. The number of sulfonamides is 1. The van der Waals surface area contributed by atoms with Gasteiger partial charge in [0, 0.05) is 23.1 Å². The molecule has 0 radical (unpaired) electrons. The van der Waals surface area contributed by atoms with Crippen LogP contribution in [0, 0.1) is 6.92 Å². The van der Waals surface area contributed by atoms with E-state index < -0.39 is 28.5 Å². The second kappa shape index (κ2) is 11.0. The molecule has 0 unspecified atom stereocenters. The van der Waals surface area contributed by atoms with Gasteiger partial charge in [0.15, 0.2) is 0 Å². The van der Waals surface area contributed by atoms with Crippen molar-refractivity contribution in [2.24, 2.45) is 0 Å². The Bertz CT molecular complexity index is 1080. The van der Waals surface area contributed by atoms with E-state index in [1.807, 2.05) is 0 Å². The van der Waals surface area contributed by atoms with Crippen molar-refractivity contribution in [3.05, 3.63) is 63.6 Å². The van der Waals surface area contributed by atoms with Crippen LogP contribution in [-0.2, 0) is 26.2 Å². The quantitative estimate of drug-likeness (QED) is 0.570. The van der Waals surface area contributed by atoms with Crippen molar-refractivity contribution in [1.82, 2.24) is 10.2 Å². The van der Waals surface area contributed by atoms with E-state index in [0.29, 0.717) is 27.8 Å². The van der Waals surface area contributed by atoms with Crippen molar-refractivity contribution >= 4 is 50.7 Å². The molecule has 2 rings (SSSR count). The zero-order chi connectivity index (χ0) is 24.1. The second-order valence-corrected chi connectivity index (χ2v) is 10.2. The first kappa shape index (κ1) is 26.0. The average molecular weight is 500 g/mol. The van der Waals surface area contributed by atoms with E-state index in [2.05, 4.69) is 5.32 Å². The molecular formula is C22H27Cl2N3O4S. The molecule has 0 bridgehead atoms. The van der Waals surface area contributed by atoms with Crippen LogP contribution in [0.4, 0.5) is 5.69 Å². The van der Waals surface area contributed by atoms with Crippen molar-refractivity contribution < 1.29 is 18.0 Å². The van der Waals surface area contributed by atoms with E-state index in [9.17, 15) is 18.0 Å². The van der Waals surface area contributed by atoms with Crippen LogP contribution in [-0.4, -0.2) is 50.5 Å². The number of aryl methyl sites for hydroxylation is 1. The number of benzene rings is 2. The Hall–Kier alpha value is -2.29. The molecule has 2 amide bonds. The van der Waals surface area contributed by atoms with E-state index in [1.54, 1.807) is 57.2 Å². The largest absolute Gasteiger partial charge is 0.355 e. The number of likely N-dealkylation sites (N-methyl/N-ethyl adjacent to an activating group) is 1. The van der Waals surface area contributed by atoms with Gasteiger partial charge in [-0.25, -0.2) is 8.42 Å². The van der Waals surface area contributed by atoms with Gasteiger partial charge in [-0.3, -0.25) is 13.9 Å². The van der Waals surface area contributed by atoms with E-state index in [-0.39, 0.29) is 12.5 Å². The minimum absolute atomic E-state index is 0.112. The summed E-state index contributed by atoms with van der Waals surface area (Å²) >= 11 is 12.0. The topological polar surface area (TPSA) is 86.8 Å². The summed E-state index contributed by atoms with van der Waals surface area (Å²) in [6, 6.07) is 10.9. The molecule has 0 aromatic heterocycles. The number of rotatable bonds is 9. The molecule has 0 fully saturated rings. The minimum Gasteiger partial charge on any atom is -0.355 e. The van der Waals surface area contributed by atoms with Crippen LogP contribution in [0.1, 0.15) is 25.0 Å². The lowest BCUT2D eigenvalue weighted by Crippen LogP contribution is -2.51. The zero-order valence-corrected chi connectivity index (χ0v) is 20.8. The van der Waals surface area contributed by atoms with Crippen LogP contribution in [0.5, 0.6) is 0 Å². The number of carbonyl (C=O) groups excluding carboxylic acids is 2. The Morgan fingerprint density at radius 1 is 1.06 bits per heavy atom. The van der Waals surface area contributed by atoms with Crippen LogP contribution in [0.3, 0.4) is 0 Å². The van der Waals surface area contributed by atoms with Crippen molar-refractivity contribution in [3.8, 4) is 0 Å². The molecule has 0 heterocycles. The van der Waals surface area contributed by atoms with Crippen LogP contribution in [0.2, 0.25) is 10.0 Å². The van der Waals surface area contributed by atoms with Gasteiger partial charge in [0.25, 0.3) is 0 Å². The third kappa shape index (κ3) is 6.85. The average Bonchev–Trinajstić information content (AvgIpc) is 2.72. The third-order valence-electron chi connectivity index (χ3n) is 4.90. The standard InChI is InChI=1S/C22H27Cl2N3O4S/c1-5-25-22(29)16(3)26(13-17-7-10-18(23)11-8-17)21(28)14-27(32(4,30)31)20-12-19(24)9-6-15(20)2/h6-12,16H,5,13-14H2,1-4H3,(H,25,29)/t16-/m1/s1. The molecule has 7 nitrogen and oxygen atoms in total. The molecule has 1 atom stereocenters. The monoisotopic (exact) mass is 499 g/mol. The molecule has 1 N–H and O–H groups in total. The Kier molecular flexibility index (Phi) is 8.95. The summed E-state index contributed by atoms with van der Waals surface area (Å²) < 4.78 is 26.2. The number of anilines is 1. The maximum atomic E-state index is 13.4. The summed E-state index contributed by atoms with van der Waals surface area (Å²) in [6.45, 7) is 5.16. The zero-order valence-electron chi connectivity index (χ0n) is 18.4. The Balaban J connectivity index is 2.42. The van der Waals surface area contributed by atoms with Crippen LogP contribution < -0.4 is 9.62 Å². The van der Waals surface area contributed by atoms with Crippen molar-refractivity contribution in [2.45, 2.75) is 33.4 Å². The lowest BCUT2D eigenvalue weighted by molar-refractivity contribution is -0.139. The van der Waals surface area contributed by atoms with Gasteiger partial charge in [-0.05, 0) is 56.2 Å². The molecule has 0 aliphatic heterocycles. The highest BCUT2D eigenvalue weighted by molar-refractivity contribution is 7.92. The third-order valence-corrected chi connectivity index (χ3v) is 6.52. The fourth-order valence-electron chi connectivity index (χ4n) is 3.14. The lowest BCUT2D eigenvalue weighted by Gasteiger charge is -2.32. The predicted molar refractivity (Wildman–Crippen MR) is 129 cm³/mol. The summed E-state index contributed by atoms with van der Waals surface area (Å²) in [4.78, 5) is 27.2. The van der Waals surface area contributed by atoms with Gasteiger partial charge in [0.05, 0.1) is 11.9 Å². The van der Waals surface area contributed by atoms with E-state index in [0.717, 1.165) is 16.1 Å². The van der Waals surface area contributed by atoms with Gasteiger partial charge < -0.3 is 10.2 Å². The molecule has 174 valence electrons. The number of carbonyl (C=O) groups is 2. The Labute approximate surface area is 199 Å². The fraction of sp³-hybridized carbons (Fsp3) is 0.364.